The molecule has 2 aliphatic heterocycles. The Kier molecular flexibility index (Phi) is 5.53. The number of piperidine rings is 1. The minimum atomic E-state index is -0.394. The van der Waals surface area contributed by atoms with Gasteiger partial charge in [-0.3, -0.25) is 9.69 Å². The number of benzene rings is 2. The lowest BCUT2D eigenvalue weighted by atomic mass is 10.0. The van der Waals surface area contributed by atoms with E-state index in [-0.39, 0.29) is 5.91 Å². The van der Waals surface area contributed by atoms with Gasteiger partial charge in [-0.05, 0) is 23.6 Å². The van der Waals surface area contributed by atoms with Gasteiger partial charge < -0.3 is 14.8 Å². The van der Waals surface area contributed by atoms with Gasteiger partial charge in [-0.2, -0.15) is 0 Å². The molecular weight excluding hydrogens is 340 g/mol. The van der Waals surface area contributed by atoms with Crippen molar-refractivity contribution >= 4 is 11.6 Å². The van der Waals surface area contributed by atoms with Gasteiger partial charge in [0.1, 0.15) is 0 Å². The van der Waals surface area contributed by atoms with E-state index in [0.29, 0.717) is 19.8 Å². The number of rotatable bonds is 5. The van der Waals surface area contributed by atoms with Crippen molar-refractivity contribution < 1.29 is 14.3 Å². The summed E-state index contributed by atoms with van der Waals surface area (Å²) in [4.78, 5) is 14.8. The van der Waals surface area contributed by atoms with Gasteiger partial charge in [-0.15, -0.1) is 0 Å². The lowest BCUT2D eigenvalue weighted by Gasteiger charge is -2.37. The van der Waals surface area contributed by atoms with Crippen LogP contribution in [-0.2, 0) is 20.7 Å². The van der Waals surface area contributed by atoms with Crippen LogP contribution >= 0.6 is 0 Å². The van der Waals surface area contributed by atoms with Gasteiger partial charge in [0.15, 0.2) is 5.79 Å². The van der Waals surface area contributed by atoms with Crippen LogP contribution in [-0.4, -0.2) is 49.4 Å². The van der Waals surface area contributed by atoms with Crippen molar-refractivity contribution in [2.45, 2.75) is 25.0 Å². The maximum Gasteiger partial charge on any atom is 0.238 e. The highest BCUT2D eigenvalue weighted by molar-refractivity contribution is 5.93. The molecule has 2 aromatic rings. The van der Waals surface area contributed by atoms with Gasteiger partial charge in [-0.25, -0.2) is 0 Å². The zero-order valence-electron chi connectivity index (χ0n) is 15.5. The molecule has 0 aliphatic carbocycles. The van der Waals surface area contributed by atoms with Crippen LogP contribution in [0, 0.1) is 0 Å². The third kappa shape index (κ3) is 4.56. The summed E-state index contributed by atoms with van der Waals surface area (Å²) < 4.78 is 11.5. The molecule has 1 N–H and O–H groups in total. The fraction of sp³-hybridized carbons (Fsp3) is 0.409. The number of anilines is 1. The van der Waals surface area contributed by atoms with Crippen molar-refractivity contribution in [3.8, 4) is 0 Å². The van der Waals surface area contributed by atoms with Crippen molar-refractivity contribution in [1.82, 2.24) is 4.90 Å². The van der Waals surface area contributed by atoms with E-state index < -0.39 is 5.79 Å². The Bertz CT molecular complexity index is 762. The van der Waals surface area contributed by atoms with Crippen molar-refractivity contribution in [3.63, 3.8) is 0 Å². The van der Waals surface area contributed by atoms with Crippen LogP contribution in [0.5, 0.6) is 0 Å². The van der Waals surface area contributed by atoms with Gasteiger partial charge >= 0.3 is 0 Å². The van der Waals surface area contributed by atoms with E-state index in [2.05, 4.69) is 28.4 Å². The average molecular weight is 366 g/mol. The monoisotopic (exact) mass is 366 g/mol. The lowest BCUT2D eigenvalue weighted by molar-refractivity contribution is -0.185. The number of likely N-dealkylation sites (tertiary alicyclic amines) is 1. The molecular formula is C22H26N2O3. The minimum absolute atomic E-state index is 0.0275. The van der Waals surface area contributed by atoms with E-state index in [4.69, 9.17) is 9.47 Å². The molecule has 5 nitrogen and oxygen atoms in total. The zero-order valence-corrected chi connectivity index (χ0v) is 15.5. The molecule has 0 unspecified atom stereocenters. The first-order valence-electron chi connectivity index (χ1n) is 9.64. The van der Waals surface area contributed by atoms with E-state index in [1.165, 1.54) is 5.56 Å². The number of hydrogen-bond donors (Lipinski definition) is 1. The first-order valence-corrected chi connectivity index (χ1v) is 9.64. The second-order valence-corrected chi connectivity index (χ2v) is 7.25. The van der Waals surface area contributed by atoms with E-state index in [1.807, 2.05) is 36.4 Å². The maximum atomic E-state index is 12.6. The van der Waals surface area contributed by atoms with Crippen molar-refractivity contribution in [2.75, 3.05) is 38.2 Å². The average Bonchev–Trinajstić information content (AvgIpc) is 3.14. The molecule has 1 spiro atoms. The topological polar surface area (TPSA) is 50.8 Å². The number of nitrogens with zero attached hydrogens (tertiary/aromatic N) is 1. The van der Waals surface area contributed by atoms with Gasteiger partial charge in [0.05, 0.1) is 19.8 Å². The number of amides is 1. The minimum Gasteiger partial charge on any atom is -0.347 e. The quantitative estimate of drug-likeness (QED) is 0.884. The first kappa shape index (κ1) is 18.2. The molecule has 0 bridgehead atoms. The number of nitrogens with one attached hydrogen (secondary N) is 1. The van der Waals surface area contributed by atoms with E-state index in [1.54, 1.807) is 0 Å². The molecule has 2 aromatic carbocycles. The molecule has 0 radical (unpaired) electrons. The van der Waals surface area contributed by atoms with Crippen LogP contribution in [0.15, 0.2) is 54.6 Å². The summed E-state index contributed by atoms with van der Waals surface area (Å²) in [6, 6.07) is 18.3. The highest BCUT2D eigenvalue weighted by Crippen LogP contribution is 2.31. The Morgan fingerprint density at radius 2 is 1.63 bits per heavy atom. The smallest absolute Gasteiger partial charge is 0.238 e. The SMILES string of the molecule is O=C(CN1CCC2(CC1)OCCO2)Nc1ccccc1Cc1ccccc1. The maximum absolute atomic E-state index is 12.6. The van der Waals surface area contributed by atoms with Crippen LogP contribution in [0.25, 0.3) is 0 Å². The van der Waals surface area contributed by atoms with Crippen molar-refractivity contribution in [2.24, 2.45) is 0 Å². The second-order valence-electron chi connectivity index (χ2n) is 7.25. The molecule has 2 saturated heterocycles. The van der Waals surface area contributed by atoms with Crippen LogP contribution in [0.2, 0.25) is 0 Å². The number of ether oxygens (including phenoxy) is 2. The standard InChI is InChI=1S/C22H26N2O3/c25-21(17-24-12-10-22(11-13-24)26-14-15-27-22)23-20-9-5-4-8-19(20)16-18-6-2-1-3-7-18/h1-9H,10-17H2,(H,23,25). The summed E-state index contributed by atoms with van der Waals surface area (Å²) in [6.07, 6.45) is 2.45. The lowest BCUT2D eigenvalue weighted by Crippen LogP contribution is -2.47. The van der Waals surface area contributed by atoms with E-state index in [9.17, 15) is 4.79 Å². The Hall–Kier alpha value is -2.21. The van der Waals surface area contributed by atoms with Gasteiger partial charge in [0.25, 0.3) is 0 Å². The molecule has 4 rings (SSSR count). The Morgan fingerprint density at radius 1 is 0.963 bits per heavy atom. The molecule has 142 valence electrons. The number of hydrogen-bond acceptors (Lipinski definition) is 4. The molecule has 2 aliphatic rings. The third-order valence-corrected chi connectivity index (χ3v) is 5.33. The number of para-hydroxylation sites is 1. The van der Waals surface area contributed by atoms with Gasteiger partial charge in [0, 0.05) is 31.6 Å². The van der Waals surface area contributed by atoms with Gasteiger partial charge in [0.2, 0.25) is 5.91 Å². The second kappa shape index (κ2) is 8.21. The Morgan fingerprint density at radius 3 is 2.37 bits per heavy atom. The number of carbonyl (C=O) groups is 1. The highest BCUT2D eigenvalue weighted by atomic mass is 16.7. The Labute approximate surface area is 160 Å². The summed E-state index contributed by atoms with van der Waals surface area (Å²) >= 11 is 0. The molecule has 5 heteroatoms. The van der Waals surface area contributed by atoms with Crippen LogP contribution in [0.4, 0.5) is 5.69 Å². The van der Waals surface area contributed by atoms with Crippen molar-refractivity contribution in [3.05, 3.63) is 65.7 Å². The molecule has 1 amide bonds. The predicted octanol–water partition coefficient (Wildman–Crippen LogP) is 3.05. The zero-order chi connectivity index (χ0) is 18.5. The van der Waals surface area contributed by atoms with E-state index >= 15 is 0 Å². The molecule has 0 atom stereocenters. The van der Waals surface area contributed by atoms with Crippen molar-refractivity contribution in [1.29, 1.82) is 0 Å². The molecule has 2 fully saturated rings. The molecule has 0 saturated carbocycles. The largest absolute Gasteiger partial charge is 0.347 e. The summed E-state index contributed by atoms with van der Waals surface area (Å²) in [5, 5.41) is 3.10. The van der Waals surface area contributed by atoms with Gasteiger partial charge in [-0.1, -0.05) is 48.5 Å². The molecule has 2 heterocycles. The fourth-order valence-electron chi connectivity index (χ4n) is 3.84. The first-order chi connectivity index (χ1) is 13.2. The van der Waals surface area contributed by atoms with Crippen LogP contribution < -0.4 is 5.32 Å². The number of carbonyl (C=O) groups excluding carboxylic acids is 1. The molecule has 27 heavy (non-hydrogen) atoms. The van der Waals surface area contributed by atoms with E-state index in [0.717, 1.165) is 43.6 Å². The van der Waals surface area contributed by atoms with Crippen LogP contribution in [0.3, 0.4) is 0 Å². The van der Waals surface area contributed by atoms with Crippen LogP contribution in [0.1, 0.15) is 24.0 Å². The third-order valence-electron chi connectivity index (χ3n) is 5.33. The highest BCUT2D eigenvalue weighted by Gasteiger charge is 2.39. The molecule has 0 aromatic heterocycles. The predicted molar refractivity (Wildman–Crippen MR) is 105 cm³/mol. The summed E-state index contributed by atoms with van der Waals surface area (Å²) in [5.74, 6) is -0.366. The Balaban J connectivity index is 1.33. The fourth-order valence-corrected chi connectivity index (χ4v) is 3.84. The summed E-state index contributed by atoms with van der Waals surface area (Å²) in [7, 11) is 0. The normalized spacial score (nSPS) is 19.3. The summed E-state index contributed by atoms with van der Waals surface area (Å²) in [6.45, 7) is 3.39. The summed E-state index contributed by atoms with van der Waals surface area (Å²) in [5.41, 5.74) is 3.25.